The summed E-state index contributed by atoms with van der Waals surface area (Å²) >= 11 is 0. The number of hydrogen-bond donors (Lipinski definition) is 1. The predicted octanol–water partition coefficient (Wildman–Crippen LogP) is -0.276. The van der Waals surface area contributed by atoms with Crippen molar-refractivity contribution in [1.29, 1.82) is 5.26 Å². The molecule has 1 aromatic heterocycles. The molecule has 0 atom stereocenters. The zero-order valence-corrected chi connectivity index (χ0v) is 8.24. The fraction of sp³-hybridized carbons (Fsp3) is 0.286. The molecule has 0 aliphatic carbocycles. The monoisotopic (exact) mass is 212 g/mol. The maximum atomic E-state index is 11.3. The maximum absolute atomic E-state index is 11.3. The van der Waals surface area contributed by atoms with Crippen LogP contribution in [0.3, 0.4) is 0 Å². The van der Waals surface area contributed by atoms with Crippen LogP contribution in [0.1, 0.15) is 12.5 Å². The molecule has 74 valence electrons. The van der Waals surface area contributed by atoms with Crippen molar-refractivity contribution < 1.29 is 8.42 Å². The van der Waals surface area contributed by atoms with Gasteiger partial charge in [0.1, 0.15) is 17.5 Å². The van der Waals surface area contributed by atoms with Crippen molar-refractivity contribution in [2.24, 2.45) is 0 Å². The summed E-state index contributed by atoms with van der Waals surface area (Å²) in [5.74, 6) is -0.215. The number of nitrogens with zero attached hydrogens (tertiary/aromatic N) is 3. The molecule has 0 bridgehead atoms. The number of rotatable bonds is 2. The smallest absolute Gasteiger partial charge is 0.249 e. The summed E-state index contributed by atoms with van der Waals surface area (Å²) in [7, 11) is -3.46. The summed E-state index contributed by atoms with van der Waals surface area (Å²) in [4.78, 5) is 7.09. The van der Waals surface area contributed by atoms with Gasteiger partial charge in [-0.15, -0.1) is 0 Å². The van der Waals surface area contributed by atoms with Crippen LogP contribution < -0.4 is 5.73 Å². The first-order valence-electron chi connectivity index (χ1n) is 3.76. The lowest BCUT2D eigenvalue weighted by Gasteiger charge is -2.00. The van der Waals surface area contributed by atoms with Gasteiger partial charge in [0.15, 0.2) is 0 Å². The van der Waals surface area contributed by atoms with Gasteiger partial charge < -0.3 is 5.73 Å². The molecule has 0 spiro atoms. The van der Waals surface area contributed by atoms with Gasteiger partial charge in [-0.25, -0.2) is 13.4 Å². The van der Waals surface area contributed by atoms with Crippen molar-refractivity contribution in [3.8, 4) is 6.07 Å². The Morgan fingerprint density at radius 3 is 2.71 bits per heavy atom. The average Bonchev–Trinajstić information content (AvgIpc) is 2.17. The highest BCUT2D eigenvalue weighted by atomic mass is 32.2. The van der Waals surface area contributed by atoms with Crippen LogP contribution in [-0.4, -0.2) is 24.1 Å². The Morgan fingerprint density at radius 2 is 2.29 bits per heavy atom. The van der Waals surface area contributed by atoms with Gasteiger partial charge >= 0.3 is 0 Å². The average molecular weight is 212 g/mol. The van der Waals surface area contributed by atoms with Crippen LogP contribution in [0.25, 0.3) is 0 Å². The van der Waals surface area contributed by atoms with Crippen LogP contribution in [-0.2, 0) is 9.84 Å². The minimum atomic E-state index is -3.46. The van der Waals surface area contributed by atoms with E-state index >= 15 is 0 Å². The van der Waals surface area contributed by atoms with E-state index in [9.17, 15) is 8.42 Å². The quantitative estimate of drug-likeness (QED) is 0.675. The molecule has 0 fully saturated rings. The van der Waals surface area contributed by atoms with Crippen LogP contribution in [0.15, 0.2) is 11.4 Å². The minimum Gasteiger partial charge on any atom is -0.382 e. The predicted molar refractivity (Wildman–Crippen MR) is 48.9 cm³/mol. The summed E-state index contributed by atoms with van der Waals surface area (Å²) in [5, 5.41) is 8.17. The van der Waals surface area contributed by atoms with Crippen molar-refractivity contribution >= 4 is 15.7 Å². The van der Waals surface area contributed by atoms with Gasteiger partial charge in [0.25, 0.3) is 0 Å². The summed E-state index contributed by atoms with van der Waals surface area (Å²) in [6, 6.07) is 1.75. The zero-order chi connectivity index (χ0) is 10.8. The molecule has 1 aromatic rings. The molecule has 0 radical (unpaired) electrons. The van der Waals surface area contributed by atoms with Gasteiger partial charge in [0, 0.05) is 0 Å². The van der Waals surface area contributed by atoms with Crippen molar-refractivity contribution in [1.82, 2.24) is 9.97 Å². The summed E-state index contributed by atoms with van der Waals surface area (Å²) in [6.07, 6.45) is 1.10. The van der Waals surface area contributed by atoms with Crippen molar-refractivity contribution in [3.05, 3.63) is 11.8 Å². The van der Waals surface area contributed by atoms with Crippen molar-refractivity contribution in [3.63, 3.8) is 0 Å². The standard InChI is InChI=1S/C7H8N4O2S/c1-2-14(12,13)7-10-4-5(3-8)6(9)11-7/h4H,2H2,1H3,(H2,9,10,11). The highest BCUT2D eigenvalue weighted by Crippen LogP contribution is 2.10. The lowest BCUT2D eigenvalue weighted by molar-refractivity contribution is 0.588. The third kappa shape index (κ3) is 1.80. The molecule has 0 unspecified atom stereocenters. The van der Waals surface area contributed by atoms with Crippen LogP contribution in [0.5, 0.6) is 0 Å². The van der Waals surface area contributed by atoms with E-state index in [1.807, 2.05) is 0 Å². The van der Waals surface area contributed by atoms with Crippen molar-refractivity contribution in [2.45, 2.75) is 12.1 Å². The third-order valence-electron chi connectivity index (χ3n) is 1.57. The van der Waals surface area contributed by atoms with Gasteiger partial charge in [0.05, 0.1) is 11.9 Å². The molecular formula is C7H8N4O2S. The van der Waals surface area contributed by atoms with Crippen molar-refractivity contribution in [2.75, 3.05) is 11.5 Å². The Morgan fingerprint density at radius 1 is 1.64 bits per heavy atom. The largest absolute Gasteiger partial charge is 0.382 e. The first kappa shape index (κ1) is 10.4. The Kier molecular flexibility index (Phi) is 2.67. The van der Waals surface area contributed by atoms with E-state index in [0.29, 0.717) is 0 Å². The fourth-order valence-electron chi connectivity index (χ4n) is 0.743. The highest BCUT2D eigenvalue weighted by Gasteiger charge is 2.16. The lowest BCUT2D eigenvalue weighted by atomic mass is 10.3. The number of hydrogen-bond acceptors (Lipinski definition) is 6. The molecule has 0 saturated carbocycles. The molecule has 0 aliphatic heterocycles. The maximum Gasteiger partial charge on any atom is 0.249 e. The van der Waals surface area contributed by atoms with E-state index in [-0.39, 0.29) is 22.3 Å². The molecule has 1 heterocycles. The topological polar surface area (TPSA) is 110 Å². The van der Waals surface area contributed by atoms with E-state index in [1.54, 1.807) is 6.07 Å². The molecule has 0 aliphatic rings. The van der Waals surface area contributed by atoms with Gasteiger partial charge in [-0.3, -0.25) is 0 Å². The molecule has 14 heavy (non-hydrogen) atoms. The van der Waals surface area contributed by atoms with Crippen LogP contribution in [0.4, 0.5) is 5.82 Å². The minimum absolute atomic E-state index is 0.0695. The molecule has 7 heteroatoms. The summed E-state index contributed by atoms with van der Waals surface area (Å²) < 4.78 is 22.6. The van der Waals surface area contributed by atoms with E-state index in [0.717, 1.165) is 6.20 Å². The molecule has 2 N–H and O–H groups in total. The van der Waals surface area contributed by atoms with E-state index in [2.05, 4.69) is 9.97 Å². The number of nitrogens with two attached hydrogens (primary N) is 1. The third-order valence-corrected chi connectivity index (χ3v) is 3.09. The van der Waals surface area contributed by atoms with Gasteiger partial charge in [-0.05, 0) is 0 Å². The first-order chi connectivity index (χ1) is 6.51. The van der Waals surface area contributed by atoms with Crippen LogP contribution >= 0.6 is 0 Å². The van der Waals surface area contributed by atoms with Crippen LogP contribution in [0, 0.1) is 11.3 Å². The molecule has 1 rings (SSSR count). The normalized spacial score (nSPS) is 10.9. The van der Waals surface area contributed by atoms with Crippen LogP contribution in [0.2, 0.25) is 0 Å². The molecule has 0 aromatic carbocycles. The number of sulfone groups is 1. The first-order valence-corrected chi connectivity index (χ1v) is 5.42. The second-order valence-electron chi connectivity index (χ2n) is 2.47. The zero-order valence-electron chi connectivity index (χ0n) is 7.43. The Bertz CT molecular complexity index is 489. The van der Waals surface area contributed by atoms with E-state index < -0.39 is 9.84 Å². The highest BCUT2D eigenvalue weighted by molar-refractivity contribution is 7.91. The molecule has 6 nitrogen and oxygen atoms in total. The molecular weight excluding hydrogens is 204 g/mol. The molecule has 0 saturated heterocycles. The van der Waals surface area contributed by atoms with E-state index in [1.165, 1.54) is 6.92 Å². The Balaban J connectivity index is 3.31. The summed E-state index contributed by atoms with van der Waals surface area (Å²) in [5.41, 5.74) is 5.41. The number of nitrogen functional groups attached to an aromatic ring is 1. The second kappa shape index (κ2) is 3.59. The number of nitriles is 1. The molecule has 0 amide bonds. The lowest BCUT2D eigenvalue weighted by Crippen LogP contribution is -2.10. The number of aromatic nitrogens is 2. The van der Waals surface area contributed by atoms with Gasteiger partial charge in [-0.1, -0.05) is 6.92 Å². The summed E-state index contributed by atoms with van der Waals surface area (Å²) in [6.45, 7) is 1.48. The van der Waals surface area contributed by atoms with E-state index in [4.69, 9.17) is 11.0 Å². The SMILES string of the molecule is CCS(=O)(=O)c1ncc(C#N)c(N)n1. The Labute approximate surface area is 81.3 Å². The van der Waals surface area contributed by atoms with Gasteiger partial charge in [-0.2, -0.15) is 10.2 Å². The van der Waals surface area contributed by atoms with Gasteiger partial charge in [0.2, 0.25) is 15.0 Å². The fourth-order valence-corrected chi connectivity index (χ4v) is 1.45. The second-order valence-corrected chi connectivity index (χ2v) is 4.64. The number of anilines is 1. The Hall–Kier alpha value is -1.68.